The van der Waals surface area contributed by atoms with E-state index in [0.717, 1.165) is 0 Å². The molecule has 5 nitrogen and oxygen atoms in total. The van der Waals surface area contributed by atoms with Crippen molar-refractivity contribution < 1.29 is 18.5 Å². The Kier molecular flexibility index (Phi) is 3.71. The van der Waals surface area contributed by atoms with Crippen LogP contribution < -0.4 is 0 Å². The molecule has 0 N–H and O–H groups in total. The average Bonchev–Trinajstić information content (AvgIpc) is 2.15. The maximum Gasteiger partial charge on any atom is 0.315 e. The Labute approximate surface area is 97.1 Å². The van der Waals surface area contributed by atoms with Crippen LogP contribution in [0.5, 0.6) is 0 Å². The summed E-state index contributed by atoms with van der Waals surface area (Å²) in [5, 5.41) is 8.66. The van der Waals surface area contributed by atoms with Crippen LogP contribution in [0.4, 0.5) is 14.5 Å². The molecule has 1 aromatic rings. The normalized spacial score (nSPS) is 10.6. The van der Waals surface area contributed by atoms with Crippen molar-refractivity contribution in [1.29, 1.82) is 0 Å². The van der Waals surface area contributed by atoms with E-state index in [-0.39, 0.29) is 0 Å². The second-order valence-electron chi connectivity index (χ2n) is 2.55. The highest BCUT2D eigenvalue weighted by molar-refractivity contribution is 6.68. The highest BCUT2D eigenvalue weighted by atomic mass is 35.5. The lowest BCUT2D eigenvalue weighted by molar-refractivity contribution is -0.386. The fourth-order valence-corrected chi connectivity index (χ4v) is 1.45. The zero-order valence-electron chi connectivity index (χ0n) is 7.29. The summed E-state index contributed by atoms with van der Waals surface area (Å²) in [4.78, 5) is 23.2. The monoisotopic (exact) mass is 270 g/mol. The molecule has 0 unspecified atom stereocenters. The number of nitrogens with zero attached hydrogens (tertiary/aromatic N) is 2. The highest BCUT2D eigenvalue weighted by Crippen LogP contribution is 2.35. The smallest absolute Gasteiger partial charge is 0.275 e. The topological polar surface area (TPSA) is 73.1 Å². The maximum absolute atomic E-state index is 12.4. The van der Waals surface area contributed by atoms with E-state index in [2.05, 4.69) is 4.98 Å². The van der Waals surface area contributed by atoms with Gasteiger partial charge < -0.3 is 0 Å². The number of halogens is 4. The summed E-state index contributed by atoms with van der Waals surface area (Å²) in [6.45, 7) is 0. The molecule has 0 spiro atoms. The van der Waals surface area contributed by atoms with Crippen LogP contribution >= 0.6 is 23.2 Å². The van der Waals surface area contributed by atoms with Crippen molar-refractivity contribution in [3.05, 3.63) is 32.6 Å². The van der Waals surface area contributed by atoms with Gasteiger partial charge in [-0.25, -0.2) is 13.8 Å². The fourth-order valence-electron chi connectivity index (χ4n) is 0.962. The molecule has 0 aliphatic carbocycles. The van der Waals surface area contributed by atoms with E-state index in [9.17, 15) is 23.7 Å². The van der Waals surface area contributed by atoms with Gasteiger partial charge in [-0.1, -0.05) is 11.6 Å². The molecule has 0 aliphatic rings. The largest absolute Gasteiger partial charge is 0.315 e. The molecule has 0 aromatic carbocycles. The number of hydrogen-bond donors (Lipinski definition) is 0. The van der Waals surface area contributed by atoms with Crippen molar-refractivity contribution >= 4 is 34.1 Å². The Morgan fingerprint density at radius 3 is 2.50 bits per heavy atom. The van der Waals surface area contributed by atoms with E-state index >= 15 is 0 Å². The van der Waals surface area contributed by atoms with Crippen molar-refractivity contribution in [2.75, 3.05) is 0 Å². The van der Waals surface area contributed by atoms with Crippen LogP contribution in [-0.4, -0.2) is 15.1 Å². The molecule has 1 rings (SSSR count). The SMILES string of the molecule is O=C(Cl)c1cnc(C(F)F)c([N+](=O)[O-])c1Cl. The Morgan fingerprint density at radius 1 is 1.56 bits per heavy atom. The van der Waals surface area contributed by atoms with Crippen molar-refractivity contribution in [2.45, 2.75) is 6.43 Å². The third-order valence-electron chi connectivity index (χ3n) is 1.62. The number of pyridine rings is 1. The highest BCUT2D eigenvalue weighted by Gasteiger charge is 2.30. The van der Waals surface area contributed by atoms with Gasteiger partial charge >= 0.3 is 5.69 Å². The van der Waals surface area contributed by atoms with Crippen molar-refractivity contribution in [3.63, 3.8) is 0 Å². The molecule has 0 bridgehead atoms. The number of rotatable bonds is 3. The van der Waals surface area contributed by atoms with Crippen molar-refractivity contribution in [1.82, 2.24) is 4.98 Å². The molecule has 0 radical (unpaired) electrons. The van der Waals surface area contributed by atoms with Crippen molar-refractivity contribution in [3.8, 4) is 0 Å². The van der Waals surface area contributed by atoms with Crippen LogP contribution in [0.15, 0.2) is 6.20 Å². The number of carbonyl (C=O) groups is 1. The number of alkyl halides is 2. The Hall–Kier alpha value is -1.34. The summed E-state index contributed by atoms with van der Waals surface area (Å²) >= 11 is 10.5. The lowest BCUT2D eigenvalue weighted by Gasteiger charge is -2.04. The predicted octanol–water partition coefficient (Wildman–Crippen LogP) is 2.96. The molecule has 0 saturated carbocycles. The summed E-state index contributed by atoms with van der Waals surface area (Å²) in [6.07, 6.45) is -2.50. The van der Waals surface area contributed by atoms with Gasteiger partial charge in [-0.3, -0.25) is 14.9 Å². The molecule has 0 amide bonds. The van der Waals surface area contributed by atoms with Crippen LogP contribution in [-0.2, 0) is 0 Å². The van der Waals surface area contributed by atoms with Gasteiger partial charge in [0.05, 0.1) is 10.5 Å². The number of nitro groups is 1. The Morgan fingerprint density at radius 2 is 2.12 bits per heavy atom. The first-order valence-corrected chi connectivity index (χ1v) is 4.42. The van der Waals surface area contributed by atoms with Gasteiger partial charge in [-0.2, -0.15) is 0 Å². The average molecular weight is 271 g/mol. The van der Waals surface area contributed by atoms with Gasteiger partial charge in [0.1, 0.15) is 5.02 Å². The number of aromatic nitrogens is 1. The second-order valence-corrected chi connectivity index (χ2v) is 3.27. The molecule has 1 heterocycles. The first-order chi connectivity index (χ1) is 7.36. The second kappa shape index (κ2) is 4.67. The van der Waals surface area contributed by atoms with Crippen LogP contribution in [0, 0.1) is 10.1 Å². The summed E-state index contributed by atoms with van der Waals surface area (Å²) < 4.78 is 24.7. The molecule has 0 atom stereocenters. The number of hydrogen-bond acceptors (Lipinski definition) is 4. The van der Waals surface area contributed by atoms with E-state index in [0.29, 0.717) is 6.20 Å². The van der Waals surface area contributed by atoms with Crippen molar-refractivity contribution in [2.24, 2.45) is 0 Å². The van der Waals surface area contributed by atoms with Gasteiger partial charge in [-0.05, 0) is 11.6 Å². The van der Waals surface area contributed by atoms with Gasteiger partial charge in [0.15, 0.2) is 5.69 Å². The van der Waals surface area contributed by atoms with E-state index in [4.69, 9.17) is 23.2 Å². The summed E-state index contributed by atoms with van der Waals surface area (Å²) in [5.74, 6) is 0. The maximum atomic E-state index is 12.4. The lowest BCUT2D eigenvalue weighted by atomic mass is 10.2. The fraction of sp³-hybridized carbons (Fsp3) is 0.143. The first-order valence-electron chi connectivity index (χ1n) is 3.67. The zero-order chi connectivity index (χ0) is 12.5. The minimum absolute atomic E-state index is 0.487. The summed E-state index contributed by atoms with van der Waals surface area (Å²) in [6, 6.07) is 0. The predicted molar refractivity (Wildman–Crippen MR) is 51.0 cm³/mol. The third-order valence-corrected chi connectivity index (χ3v) is 2.21. The molecule has 1 aromatic heterocycles. The van der Waals surface area contributed by atoms with E-state index in [1.165, 1.54) is 0 Å². The van der Waals surface area contributed by atoms with E-state index in [1.54, 1.807) is 0 Å². The minimum Gasteiger partial charge on any atom is -0.275 e. The van der Waals surface area contributed by atoms with E-state index < -0.39 is 38.6 Å². The Bertz CT molecular complexity index is 467. The van der Waals surface area contributed by atoms with Crippen LogP contribution in [0.1, 0.15) is 22.5 Å². The first kappa shape index (κ1) is 12.7. The third kappa shape index (κ3) is 2.25. The molecular formula is C7H2Cl2F2N2O3. The molecule has 16 heavy (non-hydrogen) atoms. The molecule has 0 aliphatic heterocycles. The van der Waals surface area contributed by atoms with Crippen LogP contribution in [0.3, 0.4) is 0 Å². The quantitative estimate of drug-likeness (QED) is 0.481. The summed E-state index contributed by atoms with van der Waals surface area (Å²) in [5.41, 5.74) is -2.70. The molecular weight excluding hydrogens is 269 g/mol. The van der Waals surface area contributed by atoms with Gasteiger partial charge in [0.2, 0.25) is 0 Å². The van der Waals surface area contributed by atoms with Gasteiger partial charge in [0.25, 0.3) is 11.7 Å². The van der Waals surface area contributed by atoms with Crippen LogP contribution in [0.2, 0.25) is 5.02 Å². The Balaban J connectivity index is 3.54. The lowest BCUT2D eigenvalue weighted by Crippen LogP contribution is -2.04. The number of carbonyl (C=O) groups excluding carboxylic acids is 1. The molecule has 0 fully saturated rings. The van der Waals surface area contributed by atoms with Crippen LogP contribution in [0.25, 0.3) is 0 Å². The zero-order valence-corrected chi connectivity index (χ0v) is 8.80. The molecule has 9 heteroatoms. The van der Waals surface area contributed by atoms with Gasteiger partial charge in [-0.15, -0.1) is 0 Å². The molecule has 86 valence electrons. The van der Waals surface area contributed by atoms with E-state index in [1.807, 2.05) is 0 Å². The minimum atomic E-state index is -3.17. The summed E-state index contributed by atoms with van der Waals surface area (Å²) in [7, 11) is 0. The molecule has 0 saturated heterocycles. The van der Waals surface area contributed by atoms with Gasteiger partial charge in [0, 0.05) is 6.20 Å². The standard InChI is InChI=1S/C7H2Cl2F2N2O3/c8-3-2(6(9)14)1-12-4(7(10)11)5(3)13(15)16/h1,7H.